The summed E-state index contributed by atoms with van der Waals surface area (Å²) in [6.45, 7) is 6.18. The summed E-state index contributed by atoms with van der Waals surface area (Å²) in [5.74, 6) is -6.34. The topological polar surface area (TPSA) is 338 Å². The molecule has 10 N–H and O–H groups in total. The van der Waals surface area contributed by atoms with Crippen molar-refractivity contribution in [2.75, 3.05) is 17.2 Å². The van der Waals surface area contributed by atoms with Crippen LogP contribution < -0.4 is 43.5 Å². The third-order valence-electron chi connectivity index (χ3n) is 10.4. The lowest BCUT2D eigenvalue weighted by atomic mass is 10.1. The fourth-order valence-electron chi connectivity index (χ4n) is 6.77. The van der Waals surface area contributed by atoms with Crippen LogP contribution in [0.15, 0.2) is 35.3 Å². The van der Waals surface area contributed by atoms with Gasteiger partial charge in [0, 0.05) is 24.7 Å². The number of nitrogens with one attached hydrogen (secondary N) is 6. The van der Waals surface area contributed by atoms with Crippen molar-refractivity contribution >= 4 is 59.2 Å². The summed E-state index contributed by atoms with van der Waals surface area (Å²) in [6, 6.07) is 1.18. The molecule has 7 amide bonds. The molecule has 0 spiro atoms. The van der Waals surface area contributed by atoms with Gasteiger partial charge in [-0.1, -0.05) is 51.7 Å². The Morgan fingerprint density at radius 3 is 2.14 bits per heavy atom. The lowest BCUT2D eigenvalue weighted by Crippen LogP contribution is -2.55. The standard InChI is InChI=1S/C42H60FN9O14/c1-5-6-11-18-64-41(61)50-36-28(43)21-52(40(60)49-36)30-19-23(2)35(34(30)56)66-42(62)65-22-26-14-16-27(17-15-26)47-39(59)29(20-31(44)53)48-38(58)25(4)46-37(57)24(3)45-32(54)12-9-7-8-10-13-33(55)51-63/h14-17,21,23-25,29-30,34-35,56,63H,5-13,18-20,22H2,1-4H3,(H2,44,53)(H,45,54)(H,46,57)(H,47,59)(H,48,58)(H,51,55)(H,49,50,60,61)/t23-,24+,25-,29-,30+,34-,35+/m0/s1. The molecular formula is C42H60FN9O14. The third kappa shape index (κ3) is 17.7. The number of amides is 7. The number of hydroxylamine groups is 1. The number of halogens is 1. The molecule has 7 atom stereocenters. The zero-order valence-corrected chi connectivity index (χ0v) is 37.3. The van der Waals surface area contributed by atoms with Crippen molar-refractivity contribution in [3.05, 3.63) is 52.3 Å². The lowest BCUT2D eigenvalue weighted by Gasteiger charge is -2.22. The van der Waals surface area contributed by atoms with E-state index in [1.807, 2.05) is 6.92 Å². The number of nitrogens with zero attached hydrogens (tertiary/aromatic N) is 2. The van der Waals surface area contributed by atoms with Gasteiger partial charge in [0.2, 0.25) is 35.4 Å². The second-order valence-electron chi connectivity index (χ2n) is 15.9. The van der Waals surface area contributed by atoms with Crippen LogP contribution in [0.5, 0.6) is 0 Å². The van der Waals surface area contributed by atoms with Gasteiger partial charge in [-0.25, -0.2) is 24.3 Å². The smallest absolute Gasteiger partial charge is 0.449 e. The molecular weight excluding hydrogens is 874 g/mol. The zero-order chi connectivity index (χ0) is 48.9. The molecule has 1 fully saturated rings. The number of anilines is 2. The summed E-state index contributed by atoms with van der Waals surface area (Å²) < 4.78 is 31.3. The Hall–Kier alpha value is -6.69. The Morgan fingerprint density at radius 1 is 0.864 bits per heavy atom. The SMILES string of the molecule is CCCCCOC(=O)Nc1nc(=O)n([C@@H]2C[C@H](C)[C@@H](OC(=O)OCc3ccc(NC(=O)[C@H](CC(N)=O)NC(=O)[C@H](C)NC(=O)[C@@H](C)NC(=O)CCCCCCC(=O)NO)cc3)[C@H]2O)cc1F. The number of unbranched alkanes of at least 4 members (excludes halogenated alkanes) is 5. The van der Waals surface area contributed by atoms with Crippen molar-refractivity contribution < 1.29 is 67.3 Å². The summed E-state index contributed by atoms with van der Waals surface area (Å²) >= 11 is 0. The average molecular weight is 934 g/mol. The van der Waals surface area contributed by atoms with Crippen molar-refractivity contribution in [2.45, 2.75) is 141 Å². The van der Waals surface area contributed by atoms with E-state index in [1.165, 1.54) is 38.1 Å². The number of carbonyl (C=O) groups is 8. The van der Waals surface area contributed by atoms with E-state index in [4.69, 9.17) is 25.2 Å². The van der Waals surface area contributed by atoms with E-state index < -0.39 is 114 Å². The summed E-state index contributed by atoms with van der Waals surface area (Å²) in [5, 5.41) is 31.5. The van der Waals surface area contributed by atoms with Crippen molar-refractivity contribution in [1.82, 2.24) is 31.0 Å². The minimum atomic E-state index is -1.46. The Morgan fingerprint density at radius 2 is 1.50 bits per heavy atom. The van der Waals surface area contributed by atoms with E-state index >= 15 is 0 Å². The van der Waals surface area contributed by atoms with Gasteiger partial charge in [0.05, 0.1) is 19.1 Å². The number of aliphatic hydroxyl groups excluding tert-OH is 1. The number of ether oxygens (including phenoxy) is 3. The van der Waals surface area contributed by atoms with Gasteiger partial charge in [-0.15, -0.1) is 0 Å². The number of aromatic nitrogens is 2. The fourth-order valence-corrected chi connectivity index (χ4v) is 6.77. The monoisotopic (exact) mass is 933 g/mol. The van der Waals surface area contributed by atoms with E-state index in [1.54, 1.807) is 12.4 Å². The number of aliphatic hydroxyl groups is 1. The predicted octanol–water partition coefficient (Wildman–Crippen LogP) is 1.94. The molecule has 23 nitrogen and oxygen atoms in total. The van der Waals surface area contributed by atoms with Crippen molar-refractivity contribution in [3.63, 3.8) is 0 Å². The molecule has 66 heavy (non-hydrogen) atoms. The first-order valence-corrected chi connectivity index (χ1v) is 21.6. The highest BCUT2D eigenvalue weighted by Crippen LogP contribution is 2.37. The lowest BCUT2D eigenvalue weighted by molar-refractivity contribution is -0.133. The van der Waals surface area contributed by atoms with Crippen LogP contribution in [-0.2, 0) is 49.6 Å². The number of carbonyl (C=O) groups excluding carboxylic acids is 8. The molecule has 0 unspecified atom stereocenters. The predicted molar refractivity (Wildman–Crippen MR) is 230 cm³/mol. The van der Waals surface area contributed by atoms with Gasteiger partial charge in [-0.3, -0.25) is 43.9 Å². The van der Waals surface area contributed by atoms with Gasteiger partial charge in [0.15, 0.2) is 11.6 Å². The highest BCUT2D eigenvalue weighted by molar-refractivity contribution is 6.00. The Labute approximate surface area is 379 Å². The second kappa shape index (κ2) is 26.9. The molecule has 0 bridgehead atoms. The summed E-state index contributed by atoms with van der Waals surface area (Å²) in [7, 11) is 0. The minimum absolute atomic E-state index is 0.0983. The number of hydrogen-bond donors (Lipinski definition) is 9. The average Bonchev–Trinajstić information content (AvgIpc) is 3.54. The van der Waals surface area contributed by atoms with Crippen LogP contribution in [0.3, 0.4) is 0 Å². The van der Waals surface area contributed by atoms with Crippen molar-refractivity contribution in [3.8, 4) is 0 Å². The molecule has 1 aromatic heterocycles. The number of rotatable bonds is 25. The van der Waals surface area contributed by atoms with Crippen LogP contribution in [0.25, 0.3) is 0 Å². The summed E-state index contributed by atoms with van der Waals surface area (Å²) in [6.07, 6.45) is 0.534. The second-order valence-corrected chi connectivity index (χ2v) is 15.9. The molecule has 364 valence electrons. The first kappa shape index (κ1) is 53.6. The first-order chi connectivity index (χ1) is 31.3. The Balaban J connectivity index is 1.47. The largest absolute Gasteiger partial charge is 0.508 e. The third-order valence-corrected chi connectivity index (χ3v) is 10.4. The highest BCUT2D eigenvalue weighted by atomic mass is 19.1. The first-order valence-electron chi connectivity index (χ1n) is 21.6. The molecule has 0 saturated heterocycles. The van der Waals surface area contributed by atoms with E-state index in [-0.39, 0.29) is 38.2 Å². The van der Waals surface area contributed by atoms with Crippen LogP contribution in [0.1, 0.15) is 110 Å². The normalized spacial score (nSPS) is 17.8. The molecule has 0 radical (unpaired) electrons. The maximum atomic E-state index is 14.9. The molecule has 1 heterocycles. The van der Waals surface area contributed by atoms with Crippen LogP contribution in [-0.4, -0.2) is 104 Å². The summed E-state index contributed by atoms with van der Waals surface area (Å²) in [5.41, 5.74) is 6.56. The number of nitrogens with two attached hydrogens (primary N) is 1. The Bertz CT molecular complexity index is 2070. The number of primary amides is 1. The molecule has 24 heteroatoms. The van der Waals surface area contributed by atoms with E-state index in [2.05, 4.69) is 31.6 Å². The van der Waals surface area contributed by atoms with E-state index in [9.17, 15) is 52.6 Å². The molecule has 0 aliphatic heterocycles. The van der Waals surface area contributed by atoms with Gasteiger partial charge in [0.1, 0.15) is 36.9 Å². The van der Waals surface area contributed by atoms with E-state index in [0.717, 1.165) is 23.6 Å². The molecule has 1 aromatic carbocycles. The van der Waals surface area contributed by atoms with Gasteiger partial charge >= 0.3 is 17.9 Å². The van der Waals surface area contributed by atoms with Crippen molar-refractivity contribution in [1.29, 1.82) is 0 Å². The molecule has 1 saturated carbocycles. The van der Waals surface area contributed by atoms with Crippen molar-refractivity contribution in [2.24, 2.45) is 11.7 Å². The van der Waals surface area contributed by atoms with E-state index in [0.29, 0.717) is 37.7 Å². The summed E-state index contributed by atoms with van der Waals surface area (Å²) in [4.78, 5) is 115. The molecule has 1 aliphatic rings. The van der Waals surface area contributed by atoms with Crippen LogP contribution >= 0.6 is 0 Å². The fraction of sp³-hybridized carbons (Fsp3) is 0.571. The van der Waals surface area contributed by atoms with Gasteiger partial charge in [0.25, 0.3) is 0 Å². The van der Waals surface area contributed by atoms with Crippen LogP contribution in [0.2, 0.25) is 0 Å². The zero-order valence-electron chi connectivity index (χ0n) is 37.3. The number of hydrogen-bond acceptors (Lipinski definition) is 15. The van der Waals surface area contributed by atoms with Crippen LogP contribution in [0, 0.1) is 11.7 Å². The molecule has 3 rings (SSSR count). The van der Waals surface area contributed by atoms with Gasteiger partial charge in [-0.05, 0) is 63.1 Å². The molecule has 1 aliphatic carbocycles. The van der Waals surface area contributed by atoms with Gasteiger partial charge < -0.3 is 46.3 Å². The quantitative estimate of drug-likeness (QED) is 0.0297. The highest BCUT2D eigenvalue weighted by Gasteiger charge is 2.45. The van der Waals surface area contributed by atoms with Gasteiger partial charge in [-0.2, -0.15) is 4.98 Å². The maximum absolute atomic E-state index is 14.9. The maximum Gasteiger partial charge on any atom is 0.508 e. The molecule has 2 aromatic rings. The number of benzene rings is 1. The Kier molecular flexibility index (Phi) is 21.9. The minimum Gasteiger partial charge on any atom is -0.449 e. The van der Waals surface area contributed by atoms with Crippen LogP contribution in [0.4, 0.5) is 25.5 Å².